The van der Waals surface area contributed by atoms with Gasteiger partial charge in [-0.25, -0.2) is 4.79 Å². The fraction of sp³-hybridized carbons (Fsp3) is 0.357. The van der Waals surface area contributed by atoms with E-state index in [9.17, 15) is 14.4 Å². The molecule has 0 atom stereocenters. The highest BCUT2D eigenvalue weighted by Gasteiger charge is 2.16. The van der Waals surface area contributed by atoms with E-state index in [1.165, 1.54) is 12.0 Å². The highest BCUT2D eigenvalue weighted by atomic mass is 16.5. The molecule has 0 aliphatic rings. The van der Waals surface area contributed by atoms with Crippen LogP contribution in [0.25, 0.3) is 0 Å². The summed E-state index contributed by atoms with van der Waals surface area (Å²) >= 11 is 0. The van der Waals surface area contributed by atoms with Gasteiger partial charge < -0.3 is 15.2 Å². The van der Waals surface area contributed by atoms with Crippen molar-refractivity contribution in [2.75, 3.05) is 25.1 Å². The van der Waals surface area contributed by atoms with E-state index in [-0.39, 0.29) is 25.9 Å². The summed E-state index contributed by atoms with van der Waals surface area (Å²) in [7, 11) is 1.27. The normalized spacial score (nSPS) is 9.76. The molecule has 0 bridgehead atoms. The van der Waals surface area contributed by atoms with Crippen molar-refractivity contribution in [3.05, 3.63) is 30.3 Å². The molecule has 0 spiro atoms. The first-order valence-electron chi connectivity index (χ1n) is 6.43. The third-order valence-corrected chi connectivity index (χ3v) is 2.70. The largest absolute Gasteiger partial charge is 0.481 e. The number of ether oxygens (including phenoxy) is 1. The second-order valence-corrected chi connectivity index (χ2v) is 4.19. The van der Waals surface area contributed by atoms with E-state index in [1.54, 1.807) is 30.3 Å². The minimum atomic E-state index is -0.988. The number of hydrogen-bond acceptors (Lipinski definition) is 4. The average Bonchev–Trinajstić information content (AvgIpc) is 2.48. The van der Waals surface area contributed by atoms with E-state index in [2.05, 4.69) is 10.1 Å². The lowest BCUT2D eigenvalue weighted by molar-refractivity contribution is -0.140. The molecule has 7 nitrogen and oxygen atoms in total. The molecular weight excluding hydrogens is 276 g/mol. The van der Waals surface area contributed by atoms with Crippen LogP contribution in [0.4, 0.5) is 10.5 Å². The molecule has 0 aliphatic heterocycles. The Labute approximate surface area is 122 Å². The predicted octanol–water partition coefficient (Wildman–Crippen LogP) is 1.24. The van der Waals surface area contributed by atoms with Crippen molar-refractivity contribution in [1.29, 1.82) is 0 Å². The van der Waals surface area contributed by atoms with Gasteiger partial charge in [0.05, 0.1) is 20.0 Å². The standard InChI is InChI=1S/C14H18N2O5/c1-21-13(19)7-9-15-14(20)16(10-8-12(17)18)11-5-3-2-4-6-11/h2-6H,7-10H2,1H3,(H,15,20)(H,17,18). The molecular formula is C14H18N2O5. The van der Waals surface area contributed by atoms with Crippen LogP contribution in [0.5, 0.6) is 0 Å². The van der Waals surface area contributed by atoms with Gasteiger partial charge in [-0.05, 0) is 12.1 Å². The van der Waals surface area contributed by atoms with E-state index in [0.717, 1.165) is 0 Å². The van der Waals surface area contributed by atoms with E-state index in [0.29, 0.717) is 5.69 Å². The molecule has 0 saturated carbocycles. The smallest absolute Gasteiger partial charge is 0.321 e. The maximum Gasteiger partial charge on any atom is 0.321 e. The van der Waals surface area contributed by atoms with E-state index < -0.39 is 18.0 Å². The first-order valence-corrected chi connectivity index (χ1v) is 6.43. The zero-order valence-corrected chi connectivity index (χ0v) is 11.7. The molecule has 2 N–H and O–H groups in total. The van der Waals surface area contributed by atoms with E-state index in [1.807, 2.05) is 0 Å². The summed E-state index contributed by atoms with van der Waals surface area (Å²) in [5.74, 6) is -1.41. The van der Waals surface area contributed by atoms with Crippen LogP contribution in [0.3, 0.4) is 0 Å². The van der Waals surface area contributed by atoms with Crippen molar-refractivity contribution in [2.24, 2.45) is 0 Å². The Balaban J connectivity index is 2.65. The number of carbonyl (C=O) groups is 3. The molecule has 2 amide bonds. The van der Waals surface area contributed by atoms with Gasteiger partial charge in [-0.1, -0.05) is 18.2 Å². The zero-order chi connectivity index (χ0) is 15.7. The SMILES string of the molecule is COC(=O)CCNC(=O)N(CCC(=O)O)c1ccccc1. The number of carbonyl (C=O) groups excluding carboxylic acids is 2. The van der Waals surface area contributed by atoms with Gasteiger partial charge in [0.25, 0.3) is 0 Å². The number of rotatable bonds is 7. The van der Waals surface area contributed by atoms with Crippen molar-refractivity contribution in [2.45, 2.75) is 12.8 Å². The summed E-state index contributed by atoms with van der Waals surface area (Å²) in [4.78, 5) is 35.1. The summed E-state index contributed by atoms with van der Waals surface area (Å²) in [6, 6.07) is 8.28. The lowest BCUT2D eigenvalue weighted by Gasteiger charge is -2.22. The fourth-order valence-electron chi connectivity index (χ4n) is 1.63. The van der Waals surface area contributed by atoms with Gasteiger partial charge in [-0.3, -0.25) is 14.5 Å². The number of hydrogen-bond donors (Lipinski definition) is 2. The van der Waals surface area contributed by atoms with Crippen LogP contribution >= 0.6 is 0 Å². The number of nitrogens with one attached hydrogen (secondary N) is 1. The molecule has 0 heterocycles. The topological polar surface area (TPSA) is 95.9 Å². The lowest BCUT2D eigenvalue weighted by atomic mass is 10.2. The Morgan fingerprint density at radius 2 is 1.86 bits per heavy atom. The van der Waals surface area contributed by atoms with Gasteiger partial charge in [-0.15, -0.1) is 0 Å². The summed E-state index contributed by atoms with van der Waals surface area (Å²) in [6.07, 6.45) is -0.108. The number of esters is 1. The zero-order valence-electron chi connectivity index (χ0n) is 11.7. The minimum absolute atomic E-state index is 0.0450. The van der Waals surface area contributed by atoms with Gasteiger partial charge in [0.2, 0.25) is 0 Å². The summed E-state index contributed by atoms with van der Waals surface area (Å²) < 4.78 is 4.47. The van der Waals surface area contributed by atoms with Crippen LogP contribution in [0.15, 0.2) is 30.3 Å². The highest BCUT2D eigenvalue weighted by molar-refractivity contribution is 5.92. The molecule has 0 radical (unpaired) electrons. The maximum absolute atomic E-state index is 12.1. The van der Waals surface area contributed by atoms with Crippen LogP contribution in [-0.2, 0) is 14.3 Å². The molecule has 1 aromatic rings. The number of methoxy groups -OCH3 is 1. The number of urea groups is 1. The number of benzene rings is 1. The molecule has 0 aromatic heterocycles. The molecule has 1 rings (SSSR count). The van der Waals surface area contributed by atoms with Gasteiger partial charge in [0.1, 0.15) is 0 Å². The first kappa shape index (κ1) is 16.5. The van der Waals surface area contributed by atoms with Crippen LogP contribution in [0, 0.1) is 0 Å². The molecule has 0 fully saturated rings. The number of para-hydroxylation sites is 1. The Morgan fingerprint density at radius 3 is 2.43 bits per heavy atom. The van der Waals surface area contributed by atoms with Crippen molar-refractivity contribution in [1.82, 2.24) is 5.32 Å². The Hall–Kier alpha value is -2.57. The monoisotopic (exact) mass is 294 g/mol. The van der Waals surface area contributed by atoms with Crippen LogP contribution < -0.4 is 10.2 Å². The Bertz CT molecular complexity index is 489. The highest BCUT2D eigenvalue weighted by Crippen LogP contribution is 2.13. The van der Waals surface area contributed by atoms with Gasteiger partial charge >= 0.3 is 18.0 Å². The number of amides is 2. The van der Waals surface area contributed by atoms with Crippen molar-refractivity contribution in [3.8, 4) is 0 Å². The summed E-state index contributed by atoms with van der Waals surface area (Å²) in [6.45, 7) is 0.172. The molecule has 1 aromatic carbocycles. The number of aliphatic carboxylic acids is 1. The maximum atomic E-state index is 12.1. The molecule has 0 aliphatic carbocycles. The molecule has 21 heavy (non-hydrogen) atoms. The molecule has 114 valence electrons. The summed E-state index contributed by atoms with van der Waals surface area (Å²) in [5, 5.41) is 11.3. The van der Waals surface area contributed by atoms with Crippen LogP contribution in [-0.4, -0.2) is 43.3 Å². The van der Waals surface area contributed by atoms with Gasteiger partial charge in [0, 0.05) is 18.8 Å². The molecule has 7 heteroatoms. The van der Waals surface area contributed by atoms with Crippen LogP contribution in [0.1, 0.15) is 12.8 Å². The van der Waals surface area contributed by atoms with Gasteiger partial charge in [0.15, 0.2) is 0 Å². The lowest BCUT2D eigenvalue weighted by Crippen LogP contribution is -2.42. The van der Waals surface area contributed by atoms with E-state index >= 15 is 0 Å². The van der Waals surface area contributed by atoms with Crippen molar-refractivity contribution < 1.29 is 24.2 Å². The third kappa shape index (κ3) is 5.94. The fourth-order valence-corrected chi connectivity index (χ4v) is 1.63. The summed E-state index contributed by atoms with van der Waals surface area (Å²) in [5.41, 5.74) is 0.592. The Morgan fingerprint density at radius 1 is 1.19 bits per heavy atom. The number of carboxylic acid groups (broad SMARTS) is 1. The second kappa shape index (κ2) is 8.57. The number of anilines is 1. The molecule has 0 unspecified atom stereocenters. The number of carboxylic acids is 1. The Kier molecular flexibility index (Phi) is 6.73. The van der Waals surface area contributed by atoms with Crippen molar-refractivity contribution >= 4 is 23.7 Å². The predicted molar refractivity (Wildman–Crippen MR) is 76.1 cm³/mol. The molecule has 0 saturated heterocycles. The number of nitrogens with zero attached hydrogens (tertiary/aromatic N) is 1. The van der Waals surface area contributed by atoms with Crippen LogP contribution in [0.2, 0.25) is 0 Å². The van der Waals surface area contributed by atoms with Gasteiger partial charge in [-0.2, -0.15) is 0 Å². The van der Waals surface area contributed by atoms with Crippen molar-refractivity contribution in [3.63, 3.8) is 0 Å². The van der Waals surface area contributed by atoms with E-state index in [4.69, 9.17) is 5.11 Å². The third-order valence-electron chi connectivity index (χ3n) is 2.70. The first-order chi connectivity index (χ1) is 10.0. The average molecular weight is 294 g/mol. The quantitative estimate of drug-likeness (QED) is 0.738. The minimum Gasteiger partial charge on any atom is -0.481 e. The second-order valence-electron chi connectivity index (χ2n) is 4.19.